The summed E-state index contributed by atoms with van der Waals surface area (Å²) < 4.78 is 4.74. The van der Waals surface area contributed by atoms with Crippen molar-refractivity contribution in [3.8, 4) is 73.1 Å². The smallest absolute Gasteiger partial charge is 0.0991 e. The van der Waals surface area contributed by atoms with Crippen LogP contribution in [-0.4, -0.2) is 14.1 Å². The highest BCUT2D eigenvalue weighted by atomic mass is 15.0. The van der Waals surface area contributed by atoms with Gasteiger partial charge in [-0.2, -0.15) is 5.26 Å². The summed E-state index contributed by atoms with van der Waals surface area (Å²) >= 11 is 0. The van der Waals surface area contributed by atoms with Crippen molar-refractivity contribution in [3.63, 3.8) is 0 Å². The lowest BCUT2D eigenvalue weighted by molar-refractivity contribution is 1.09. The van der Waals surface area contributed by atoms with E-state index in [0.717, 1.165) is 88.4 Å². The molecule has 298 valence electrons. The maximum Gasteiger partial charge on any atom is 0.0991 e. The van der Waals surface area contributed by atoms with Crippen LogP contribution < -0.4 is 0 Å². The second-order valence-corrected chi connectivity index (χ2v) is 16.3. The second kappa shape index (κ2) is 15.3. The molecule has 12 rings (SSSR count). The Bertz CT molecular complexity index is 3350. The minimum Gasteiger partial charge on any atom is -0.307 e. The van der Waals surface area contributed by atoms with Gasteiger partial charge in [0.2, 0.25) is 0 Å². The molecule has 0 aliphatic rings. The van der Waals surface area contributed by atoms with Gasteiger partial charge in [0.15, 0.2) is 0 Å². The monoisotopic (exact) mass is 814 g/mol. The fraction of sp³-hybridized carbons (Fsp3) is 0. The highest BCUT2D eigenvalue weighted by Gasteiger charge is 2.24. The molecule has 64 heavy (non-hydrogen) atoms. The number of nitriles is 1. The molecule has 12 aromatic rings. The van der Waals surface area contributed by atoms with E-state index >= 15 is 0 Å². The zero-order valence-corrected chi connectivity index (χ0v) is 34.7. The molecule has 3 aromatic heterocycles. The van der Waals surface area contributed by atoms with Gasteiger partial charge in [-0.3, -0.25) is 4.98 Å². The Morgan fingerprint density at radius 3 is 0.969 bits per heavy atom. The van der Waals surface area contributed by atoms with Gasteiger partial charge in [0.1, 0.15) is 0 Å². The van der Waals surface area contributed by atoms with Gasteiger partial charge >= 0.3 is 0 Å². The first kappa shape index (κ1) is 37.0. The maximum absolute atomic E-state index is 10.3. The predicted octanol–water partition coefficient (Wildman–Crippen LogP) is 15.5. The van der Waals surface area contributed by atoms with Gasteiger partial charge in [-0.15, -0.1) is 0 Å². The zero-order chi connectivity index (χ0) is 42.6. The van der Waals surface area contributed by atoms with Crippen molar-refractivity contribution in [2.75, 3.05) is 0 Å². The van der Waals surface area contributed by atoms with E-state index in [1.165, 1.54) is 22.3 Å². The van der Waals surface area contributed by atoms with E-state index in [2.05, 4.69) is 215 Å². The van der Waals surface area contributed by atoms with Crippen LogP contribution in [0.3, 0.4) is 0 Å². The highest BCUT2D eigenvalue weighted by Crippen LogP contribution is 2.44. The lowest BCUT2D eigenvalue weighted by Crippen LogP contribution is -2.05. The van der Waals surface area contributed by atoms with Crippen molar-refractivity contribution in [2.45, 2.75) is 0 Å². The Morgan fingerprint density at radius 2 is 0.641 bits per heavy atom. The molecule has 4 heteroatoms. The fourth-order valence-corrected chi connectivity index (χ4v) is 9.62. The third kappa shape index (κ3) is 6.18. The minimum atomic E-state index is 0.593. The lowest BCUT2D eigenvalue weighted by atomic mass is 10.00. The van der Waals surface area contributed by atoms with E-state index in [-0.39, 0.29) is 0 Å². The molecule has 0 saturated heterocycles. The Balaban J connectivity index is 1.18. The highest BCUT2D eigenvalue weighted by molar-refractivity contribution is 6.14. The summed E-state index contributed by atoms with van der Waals surface area (Å²) in [6, 6.07) is 79.9. The molecule has 0 fully saturated rings. The Kier molecular flexibility index (Phi) is 8.84. The minimum absolute atomic E-state index is 0.593. The average Bonchev–Trinajstić information content (AvgIpc) is 3.88. The molecular formula is C60H38N4. The van der Waals surface area contributed by atoms with Gasteiger partial charge in [-0.05, 0) is 111 Å². The molecule has 0 saturated carbocycles. The summed E-state index contributed by atoms with van der Waals surface area (Å²) in [5.41, 5.74) is 17.9. The molecule has 4 nitrogen and oxygen atoms in total. The van der Waals surface area contributed by atoms with Gasteiger partial charge < -0.3 is 9.13 Å². The number of fused-ring (bicyclic) bond motifs is 6. The zero-order valence-electron chi connectivity index (χ0n) is 34.7. The van der Waals surface area contributed by atoms with Crippen LogP contribution in [0.25, 0.3) is 111 Å². The Labute approximate surface area is 370 Å². The number of aromatic nitrogens is 3. The van der Waals surface area contributed by atoms with Gasteiger partial charge in [0.25, 0.3) is 0 Å². The second-order valence-electron chi connectivity index (χ2n) is 16.3. The van der Waals surface area contributed by atoms with Crippen molar-refractivity contribution in [3.05, 3.63) is 236 Å². The van der Waals surface area contributed by atoms with Crippen molar-refractivity contribution < 1.29 is 0 Å². The number of pyridine rings is 1. The SMILES string of the molecule is N#Cc1cccc(-c2c(-n3c4ccc(-c5ccccc5)cc4c4cc(-c5ccccc5)ccc43)cncc2-n2c3ccc(-c4ccccc4)cc3c3cc(-c4ccccc4)ccc32)c1. The normalized spacial score (nSPS) is 11.4. The van der Waals surface area contributed by atoms with Gasteiger partial charge in [0, 0.05) is 27.1 Å². The summed E-state index contributed by atoms with van der Waals surface area (Å²) in [5.74, 6) is 0. The molecule has 0 N–H and O–H groups in total. The molecule has 0 unspecified atom stereocenters. The molecule has 0 aliphatic heterocycles. The Morgan fingerprint density at radius 1 is 0.312 bits per heavy atom. The van der Waals surface area contributed by atoms with Crippen LogP contribution in [0.2, 0.25) is 0 Å². The van der Waals surface area contributed by atoms with Crippen LogP contribution in [0.5, 0.6) is 0 Å². The van der Waals surface area contributed by atoms with Crippen LogP contribution in [0.15, 0.2) is 231 Å². The van der Waals surface area contributed by atoms with Crippen LogP contribution in [0.1, 0.15) is 5.56 Å². The van der Waals surface area contributed by atoms with E-state index in [1.807, 2.05) is 30.6 Å². The molecule has 9 aromatic carbocycles. The molecule has 0 amide bonds. The largest absolute Gasteiger partial charge is 0.307 e. The first-order valence-electron chi connectivity index (χ1n) is 21.6. The molecule has 0 bridgehead atoms. The summed E-state index contributed by atoms with van der Waals surface area (Å²) in [6.07, 6.45) is 3.98. The van der Waals surface area contributed by atoms with Crippen LogP contribution in [-0.2, 0) is 0 Å². The Hall–Kier alpha value is -8.78. The van der Waals surface area contributed by atoms with Gasteiger partial charge in [0.05, 0.1) is 57.5 Å². The predicted molar refractivity (Wildman–Crippen MR) is 265 cm³/mol. The molecule has 0 spiro atoms. The van der Waals surface area contributed by atoms with Crippen LogP contribution in [0.4, 0.5) is 0 Å². The van der Waals surface area contributed by atoms with Crippen molar-refractivity contribution >= 4 is 43.6 Å². The summed E-state index contributed by atoms with van der Waals surface area (Å²) in [4.78, 5) is 5.11. The van der Waals surface area contributed by atoms with E-state index in [0.29, 0.717) is 5.56 Å². The molecule has 3 heterocycles. The number of rotatable bonds is 7. The van der Waals surface area contributed by atoms with Crippen molar-refractivity contribution in [1.82, 2.24) is 14.1 Å². The van der Waals surface area contributed by atoms with Crippen molar-refractivity contribution in [2.24, 2.45) is 0 Å². The topological polar surface area (TPSA) is 46.5 Å². The van der Waals surface area contributed by atoms with Gasteiger partial charge in [-0.1, -0.05) is 158 Å². The maximum atomic E-state index is 10.3. The summed E-state index contributed by atoms with van der Waals surface area (Å²) in [6.45, 7) is 0. The first-order chi connectivity index (χ1) is 31.7. The number of nitrogens with zero attached hydrogens (tertiary/aromatic N) is 4. The summed E-state index contributed by atoms with van der Waals surface area (Å²) in [5, 5.41) is 14.9. The van der Waals surface area contributed by atoms with E-state index in [4.69, 9.17) is 4.98 Å². The molecular weight excluding hydrogens is 777 g/mol. The first-order valence-corrected chi connectivity index (χ1v) is 21.6. The summed E-state index contributed by atoms with van der Waals surface area (Å²) in [7, 11) is 0. The molecule has 0 aliphatic carbocycles. The average molecular weight is 815 g/mol. The molecule has 0 atom stereocenters. The quantitative estimate of drug-likeness (QED) is 0.161. The number of hydrogen-bond acceptors (Lipinski definition) is 2. The lowest BCUT2D eigenvalue weighted by Gasteiger charge is -2.20. The van der Waals surface area contributed by atoms with Crippen LogP contribution in [0, 0.1) is 11.3 Å². The van der Waals surface area contributed by atoms with E-state index in [1.54, 1.807) is 0 Å². The fourth-order valence-electron chi connectivity index (χ4n) is 9.62. The van der Waals surface area contributed by atoms with Crippen LogP contribution >= 0.6 is 0 Å². The number of benzene rings is 9. The standard InChI is InChI=1S/C60H38N4/c61-37-40-14-13-23-49(32-40)60-58(63-54-28-24-45(41-15-5-1-6-16-41)33-50(54)51-34-46(25-29-55(51)63)42-17-7-2-8-18-42)38-62-39-59(60)64-56-30-26-47(43-19-9-3-10-20-43)35-52(56)53-36-48(27-31-57(53)64)44-21-11-4-12-22-44/h1-36,38-39H. The molecule has 0 radical (unpaired) electrons. The van der Waals surface area contributed by atoms with Gasteiger partial charge in [-0.25, -0.2) is 0 Å². The van der Waals surface area contributed by atoms with E-state index < -0.39 is 0 Å². The number of hydrogen-bond donors (Lipinski definition) is 0. The van der Waals surface area contributed by atoms with E-state index in [9.17, 15) is 5.26 Å². The third-order valence-corrected chi connectivity index (χ3v) is 12.6. The van der Waals surface area contributed by atoms with Crippen molar-refractivity contribution in [1.29, 1.82) is 5.26 Å². The third-order valence-electron chi connectivity index (χ3n) is 12.6.